The van der Waals surface area contributed by atoms with Crippen LogP contribution in [0.2, 0.25) is 0 Å². The largest absolute Gasteiger partial charge is 0.317 e. The summed E-state index contributed by atoms with van der Waals surface area (Å²) in [6.07, 6.45) is 5.41. The first-order valence-electron chi connectivity index (χ1n) is 5.72. The highest BCUT2D eigenvalue weighted by atomic mass is 35.5. The molecule has 1 rings (SSSR count). The first kappa shape index (κ1) is 17.9. The number of unbranched alkanes of at least 4 members (excludes halogenated alkanes) is 1. The molecule has 0 atom stereocenters. The fraction of sp³-hybridized carbons (Fsp3) is 1.00. The van der Waals surface area contributed by atoms with E-state index in [0.717, 1.165) is 5.92 Å². The average Bonchev–Trinajstić information content (AvgIpc) is 2.16. The molecular formula is C11H26Cl2N2. The summed E-state index contributed by atoms with van der Waals surface area (Å²) >= 11 is 0. The summed E-state index contributed by atoms with van der Waals surface area (Å²) in [6, 6.07) is 0. The summed E-state index contributed by atoms with van der Waals surface area (Å²) in [5.74, 6) is 0.947. The molecule has 4 heteroatoms. The zero-order valence-corrected chi connectivity index (χ0v) is 11.6. The van der Waals surface area contributed by atoms with Crippen molar-refractivity contribution < 1.29 is 0 Å². The van der Waals surface area contributed by atoms with Crippen molar-refractivity contribution in [2.24, 2.45) is 5.92 Å². The van der Waals surface area contributed by atoms with Gasteiger partial charge in [0.15, 0.2) is 0 Å². The van der Waals surface area contributed by atoms with E-state index in [4.69, 9.17) is 0 Å². The smallest absolute Gasteiger partial charge is 0.000755 e. The van der Waals surface area contributed by atoms with Crippen LogP contribution in [0.4, 0.5) is 0 Å². The molecule has 94 valence electrons. The topological polar surface area (TPSA) is 15.3 Å². The zero-order valence-electron chi connectivity index (χ0n) is 10.00. The number of nitrogens with one attached hydrogen (secondary N) is 1. The minimum absolute atomic E-state index is 0. The van der Waals surface area contributed by atoms with Gasteiger partial charge in [-0.15, -0.1) is 24.8 Å². The SMILES string of the molecule is CCCCN(C)CC1CCNCC1.Cl.Cl. The van der Waals surface area contributed by atoms with Gasteiger partial charge < -0.3 is 10.2 Å². The van der Waals surface area contributed by atoms with Crippen molar-refractivity contribution in [2.75, 3.05) is 33.2 Å². The Hall–Kier alpha value is 0.500. The highest BCUT2D eigenvalue weighted by Gasteiger charge is 2.14. The van der Waals surface area contributed by atoms with E-state index in [-0.39, 0.29) is 24.8 Å². The third kappa shape index (κ3) is 8.32. The molecule has 0 aliphatic carbocycles. The lowest BCUT2D eigenvalue weighted by molar-refractivity contribution is 0.238. The molecule has 0 amide bonds. The molecule has 1 N–H and O–H groups in total. The molecule has 0 saturated carbocycles. The van der Waals surface area contributed by atoms with Crippen molar-refractivity contribution in [3.8, 4) is 0 Å². The Morgan fingerprint density at radius 3 is 2.33 bits per heavy atom. The first-order valence-corrected chi connectivity index (χ1v) is 5.72. The Bertz CT molecular complexity index is 128. The van der Waals surface area contributed by atoms with Crippen LogP contribution < -0.4 is 5.32 Å². The van der Waals surface area contributed by atoms with Crippen LogP contribution in [0.15, 0.2) is 0 Å². The lowest BCUT2D eigenvalue weighted by atomic mass is 9.98. The maximum atomic E-state index is 3.41. The van der Waals surface area contributed by atoms with E-state index in [9.17, 15) is 0 Å². The first-order chi connectivity index (χ1) is 6.33. The van der Waals surface area contributed by atoms with Crippen LogP contribution in [-0.2, 0) is 0 Å². The molecule has 0 aromatic carbocycles. The van der Waals surface area contributed by atoms with Gasteiger partial charge in [-0.1, -0.05) is 13.3 Å². The quantitative estimate of drug-likeness (QED) is 0.814. The van der Waals surface area contributed by atoms with Crippen LogP contribution in [0.25, 0.3) is 0 Å². The predicted molar refractivity (Wildman–Crippen MR) is 72.5 cm³/mol. The molecule has 1 heterocycles. The number of piperidine rings is 1. The molecule has 0 spiro atoms. The molecule has 1 aliphatic heterocycles. The Balaban J connectivity index is 0. The summed E-state index contributed by atoms with van der Waals surface area (Å²) in [5, 5.41) is 3.41. The minimum atomic E-state index is 0. The second kappa shape index (κ2) is 11.0. The van der Waals surface area contributed by atoms with Crippen LogP contribution in [0.1, 0.15) is 32.6 Å². The van der Waals surface area contributed by atoms with E-state index in [1.165, 1.54) is 51.9 Å². The number of nitrogens with zero attached hydrogens (tertiary/aromatic N) is 1. The highest BCUT2D eigenvalue weighted by Crippen LogP contribution is 2.12. The maximum absolute atomic E-state index is 3.41. The molecule has 1 saturated heterocycles. The van der Waals surface area contributed by atoms with Crippen molar-refractivity contribution >= 4 is 24.8 Å². The molecule has 15 heavy (non-hydrogen) atoms. The van der Waals surface area contributed by atoms with Crippen molar-refractivity contribution in [3.05, 3.63) is 0 Å². The molecule has 1 fully saturated rings. The standard InChI is InChI=1S/C11H24N2.2ClH/c1-3-4-9-13(2)10-11-5-7-12-8-6-11;;/h11-12H,3-10H2,1-2H3;2*1H. The molecule has 1 aliphatic rings. The average molecular weight is 257 g/mol. The van der Waals surface area contributed by atoms with Gasteiger partial charge in [0.05, 0.1) is 0 Å². The van der Waals surface area contributed by atoms with Crippen molar-refractivity contribution in [1.82, 2.24) is 10.2 Å². The van der Waals surface area contributed by atoms with E-state index in [2.05, 4.69) is 24.2 Å². The Morgan fingerprint density at radius 2 is 1.80 bits per heavy atom. The van der Waals surface area contributed by atoms with Gasteiger partial charge in [0.1, 0.15) is 0 Å². The van der Waals surface area contributed by atoms with Crippen LogP contribution in [0, 0.1) is 5.92 Å². The van der Waals surface area contributed by atoms with Gasteiger partial charge in [-0.05, 0) is 51.9 Å². The third-order valence-corrected chi connectivity index (χ3v) is 2.92. The van der Waals surface area contributed by atoms with Gasteiger partial charge >= 0.3 is 0 Å². The minimum Gasteiger partial charge on any atom is -0.317 e. The summed E-state index contributed by atoms with van der Waals surface area (Å²) in [4.78, 5) is 2.50. The highest BCUT2D eigenvalue weighted by molar-refractivity contribution is 5.85. The number of hydrogen-bond acceptors (Lipinski definition) is 2. The second-order valence-electron chi connectivity index (χ2n) is 4.31. The summed E-state index contributed by atoms with van der Waals surface area (Å²) in [6.45, 7) is 7.30. The lowest BCUT2D eigenvalue weighted by Gasteiger charge is -2.27. The summed E-state index contributed by atoms with van der Waals surface area (Å²) < 4.78 is 0. The zero-order chi connectivity index (χ0) is 9.52. The monoisotopic (exact) mass is 256 g/mol. The Morgan fingerprint density at radius 1 is 1.20 bits per heavy atom. The number of rotatable bonds is 5. The van der Waals surface area contributed by atoms with Gasteiger partial charge in [0, 0.05) is 6.54 Å². The van der Waals surface area contributed by atoms with Crippen molar-refractivity contribution in [1.29, 1.82) is 0 Å². The predicted octanol–water partition coefficient (Wildman–Crippen LogP) is 2.56. The molecule has 0 unspecified atom stereocenters. The Kier molecular flexibility index (Phi) is 13.1. The maximum Gasteiger partial charge on any atom is 0.000755 e. The molecular weight excluding hydrogens is 231 g/mol. The molecule has 0 radical (unpaired) electrons. The van der Waals surface area contributed by atoms with Gasteiger partial charge in [0.2, 0.25) is 0 Å². The van der Waals surface area contributed by atoms with Gasteiger partial charge in [-0.25, -0.2) is 0 Å². The molecule has 2 nitrogen and oxygen atoms in total. The van der Waals surface area contributed by atoms with E-state index >= 15 is 0 Å². The fourth-order valence-corrected chi connectivity index (χ4v) is 2.02. The molecule has 0 aromatic heterocycles. The summed E-state index contributed by atoms with van der Waals surface area (Å²) in [5.41, 5.74) is 0. The molecule has 0 bridgehead atoms. The third-order valence-electron chi connectivity index (χ3n) is 2.92. The van der Waals surface area contributed by atoms with E-state index in [1.807, 2.05) is 0 Å². The van der Waals surface area contributed by atoms with E-state index < -0.39 is 0 Å². The van der Waals surface area contributed by atoms with Crippen molar-refractivity contribution in [2.45, 2.75) is 32.6 Å². The fourth-order valence-electron chi connectivity index (χ4n) is 2.02. The second-order valence-corrected chi connectivity index (χ2v) is 4.31. The van der Waals surface area contributed by atoms with Crippen LogP contribution in [0.3, 0.4) is 0 Å². The summed E-state index contributed by atoms with van der Waals surface area (Å²) in [7, 11) is 2.26. The van der Waals surface area contributed by atoms with Crippen LogP contribution in [0.5, 0.6) is 0 Å². The number of halogens is 2. The van der Waals surface area contributed by atoms with E-state index in [1.54, 1.807) is 0 Å². The normalized spacial score (nSPS) is 17.0. The van der Waals surface area contributed by atoms with Crippen molar-refractivity contribution in [3.63, 3.8) is 0 Å². The number of hydrogen-bond donors (Lipinski definition) is 1. The van der Waals surface area contributed by atoms with Gasteiger partial charge in [-0.2, -0.15) is 0 Å². The molecule has 0 aromatic rings. The van der Waals surface area contributed by atoms with Crippen LogP contribution >= 0.6 is 24.8 Å². The van der Waals surface area contributed by atoms with Crippen LogP contribution in [-0.4, -0.2) is 38.1 Å². The van der Waals surface area contributed by atoms with E-state index in [0.29, 0.717) is 0 Å². The van der Waals surface area contributed by atoms with Gasteiger partial charge in [-0.3, -0.25) is 0 Å². The lowest BCUT2D eigenvalue weighted by Crippen LogP contribution is -2.34. The Labute approximate surface area is 107 Å². The van der Waals surface area contributed by atoms with Gasteiger partial charge in [0.25, 0.3) is 0 Å².